The molecule has 0 radical (unpaired) electrons. The normalized spacial score (nSPS) is 9.90. The Hall–Kier alpha value is -3.40. The summed E-state index contributed by atoms with van der Waals surface area (Å²) in [5.74, 6) is -0.423. The van der Waals surface area contributed by atoms with Crippen molar-refractivity contribution in [1.29, 1.82) is 0 Å². The number of hydrogen-bond donors (Lipinski definition) is 0. The van der Waals surface area contributed by atoms with E-state index in [1.54, 1.807) is 0 Å². The third kappa shape index (κ3) is 7.41. The van der Waals surface area contributed by atoms with E-state index in [1.807, 2.05) is 80.6 Å². The van der Waals surface area contributed by atoms with Gasteiger partial charge in [0, 0.05) is 0 Å². The predicted octanol–water partition coefficient (Wildman–Crippen LogP) is 5.88. The first-order chi connectivity index (χ1) is 15.1. The summed E-state index contributed by atoms with van der Waals surface area (Å²) < 4.78 is 9.93. The molecule has 3 aromatic carbocycles. The van der Waals surface area contributed by atoms with Crippen LogP contribution in [0.3, 0.4) is 0 Å². The molecule has 0 saturated heterocycles. The molecule has 0 aromatic heterocycles. The molecule has 4 nitrogen and oxygen atoms in total. The first-order valence-electron chi connectivity index (χ1n) is 10.6. The van der Waals surface area contributed by atoms with Crippen LogP contribution in [0.4, 0.5) is 0 Å². The molecule has 0 aliphatic carbocycles. The van der Waals surface area contributed by atoms with Gasteiger partial charge in [-0.2, -0.15) is 0 Å². The van der Waals surface area contributed by atoms with Crippen molar-refractivity contribution >= 4 is 11.9 Å². The van der Waals surface area contributed by atoms with Gasteiger partial charge in [0.15, 0.2) is 0 Å². The van der Waals surface area contributed by atoms with E-state index in [0.717, 1.165) is 23.1 Å². The van der Waals surface area contributed by atoms with E-state index in [4.69, 9.17) is 9.47 Å². The monoisotopic (exact) mass is 418 g/mol. The summed E-state index contributed by atoms with van der Waals surface area (Å²) in [6.07, 6.45) is 1.31. The molecule has 3 rings (SSSR count). The third-order valence-electron chi connectivity index (χ3n) is 4.61. The van der Waals surface area contributed by atoms with Crippen LogP contribution in [0.1, 0.15) is 42.3 Å². The maximum absolute atomic E-state index is 12.0. The van der Waals surface area contributed by atoms with Gasteiger partial charge < -0.3 is 9.47 Å². The predicted molar refractivity (Wildman–Crippen MR) is 124 cm³/mol. The third-order valence-corrected chi connectivity index (χ3v) is 4.61. The van der Waals surface area contributed by atoms with Crippen LogP contribution in [0, 0.1) is 0 Å². The highest BCUT2D eigenvalue weighted by Gasteiger charge is 2.14. The fraction of sp³-hybridized carbons (Fsp3) is 0.259. The first kappa shape index (κ1) is 23.9. The minimum atomic E-state index is -0.260. The van der Waals surface area contributed by atoms with Crippen LogP contribution in [0.5, 0.6) is 0 Å². The van der Waals surface area contributed by atoms with E-state index in [-0.39, 0.29) is 11.9 Å². The van der Waals surface area contributed by atoms with E-state index in [9.17, 15) is 9.59 Å². The largest absolute Gasteiger partial charge is 0.466 e. The van der Waals surface area contributed by atoms with Crippen molar-refractivity contribution in [3.63, 3.8) is 0 Å². The molecule has 0 amide bonds. The Balaban J connectivity index is 0.000000245. The molecular weight excluding hydrogens is 388 g/mol. The zero-order valence-electron chi connectivity index (χ0n) is 18.5. The lowest BCUT2D eigenvalue weighted by Crippen LogP contribution is -2.06. The molecule has 0 atom stereocenters. The molecule has 0 fully saturated rings. The lowest BCUT2D eigenvalue weighted by molar-refractivity contribution is -0.142. The van der Waals surface area contributed by atoms with Gasteiger partial charge in [-0.05, 0) is 48.6 Å². The lowest BCUT2D eigenvalue weighted by Gasteiger charge is -2.12. The van der Waals surface area contributed by atoms with Crippen LogP contribution in [0.25, 0.3) is 11.1 Å². The molecule has 0 heterocycles. The summed E-state index contributed by atoms with van der Waals surface area (Å²) >= 11 is 0. The number of hydrogen-bond acceptors (Lipinski definition) is 4. The average Bonchev–Trinajstić information content (AvgIpc) is 2.80. The van der Waals surface area contributed by atoms with Crippen LogP contribution >= 0.6 is 0 Å². The van der Waals surface area contributed by atoms with E-state index in [2.05, 4.69) is 19.1 Å². The number of benzene rings is 3. The molecule has 0 aliphatic heterocycles. The first-order valence-corrected chi connectivity index (χ1v) is 10.6. The van der Waals surface area contributed by atoms with Crippen molar-refractivity contribution in [2.75, 3.05) is 13.2 Å². The van der Waals surface area contributed by atoms with Crippen LogP contribution in [0.15, 0.2) is 78.9 Å². The minimum Gasteiger partial charge on any atom is -0.466 e. The highest BCUT2D eigenvalue weighted by atomic mass is 16.5. The topological polar surface area (TPSA) is 52.6 Å². The van der Waals surface area contributed by atoms with Gasteiger partial charge >= 0.3 is 11.9 Å². The highest BCUT2D eigenvalue weighted by Crippen LogP contribution is 2.28. The molecule has 31 heavy (non-hydrogen) atoms. The summed E-state index contributed by atoms with van der Waals surface area (Å²) in [6, 6.07) is 25.3. The maximum atomic E-state index is 12.0. The van der Waals surface area contributed by atoms with E-state index >= 15 is 0 Å². The Kier molecular flexibility index (Phi) is 10.0. The van der Waals surface area contributed by atoms with Crippen LogP contribution in [-0.2, 0) is 27.1 Å². The van der Waals surface area contributed by atoms with Gasteiger partial charge in [0.1, 0.15) is 0 Å². The second kappa shape index (κ2) is 13.0. The standard InChI is InChI=1S/C17H18O2.C10H12O2/c1-3-13-9-5-6-10-14(13)15-11-7-8-12-16(15)17(18)19-4-2;1-2-12-10(11)8-9-6-4-3-5-7-9/h5-12H,3-4H2,1-2H3;3-7H,2,8H2,1H3. The molecule has 162 valence electrons. The Morgan fingerprint density at radius 2 is 1.26 bits per heavy atom. The zero-order chi connectivity index (χ0) is 22.5. The SMILES string of the molecule is CCOC(=O)Cc1ccccc1.CCOC(=O)c1ccccc1-c1ccccc1CC. The van der Waals surface area contributed by atoms with Crippen LogP contribution < -0.4 is 0 Å². The van der Waals surface area contributed by atoms with Crippen molar-refractivity contribution in [3.05, 3.63) is 95.6 Å². The number of esters is 2. The minimum absolute atomic E-state index is 0.163. The average molecular weight is 419 g/mol. The van der Waals surface area contributed by atoms with E-state index in [0.29, 0.717) is 25.2 Å². The van der Waals surface area contributed by atoms with Crippen LogP contribution in [0.2, 0.25) is 0 Å². The van der Waals surface area contributed by atoms with Crippen molar-refractivity contribution in [2.24, 2.45) is 0 Å². The van der Waals surface area contributed by atoms with Gasteiger partial charge in [-0.15, -0.1) is 0 Å². The molecule has 0 N–H and O–H groups in total. The molecule has 0 saturated carbocycles. The van der Waals surface area contributed by atoms with Gasteiger partial charge in [0.25, 0.3) is 0 Å². The molecule has 0 spiro atoms. The maximum Gasteiger partial charge on any atom is 0.338 e. The number of ether oxygens (including phenoxy) is 2. The van der Waals surface area contributed by atoms with E-state index in [1.165, 1.54) is 5.56 Å². The van der Waals surface area contributed by atoms with Gasteiger partial charge in [-0.1, -0.05) is 79.7 Å². The van der Waals surface area contributed by atoms with Crippen molar-refractivity contribution < 1.29 is 19.1 Å². The number of rotatable bonds is 7. The molecular formula is C27H30O4. The highest BCUT2D eigenvalue weighted by molar-refractivity contribution is 5.97. The molecule has 3 aromatic rings. The number of aryl methyl sites for hydroxylation is 1. The number of carbonyl (C=O) groups is 2. The quantitative estimate of drug-likeness (QED) is 0.449. The van der Waals surface area contributed by atoms with Gasteiger partial charge in [-0.25, -0.2) is 4.79 Å². The van der Waals surface area contributed by atoms with Crippen LogP contribution in [-0.4, -0.2) is 25.2 Å². The fourth-order valence-electron chi connectivity index (χ4n) is 3.17. The summed E-state index contributed by atoms with van der Waals surface area (Å²) in [7, 11) is 0. The number of carbonyl (C=O) groups excluding carboxylic acids is 2. The van der Waals surface area contributed by atoms with Gasteiger partial charge in [-0.3, -0.25) is 4.79 Å². The summed E-state index contributed by atoms with van der Waals surface area (Å²) in [5.41, 5.74) is 4.91. The Morgan fingerprint density at radius 1 is 0.677 bits per heavy atom. The lowest BCUT2D eigenvalue weighted by atomic mass is 9.94. The van der Waals surface area contributed by atoms with Crippen molar-refractivity contribution in [3.8, 4) is 11.1 Å². The second-order valence-electron chi connectivity index (χ2n) is 6.74. The zero-order valence-corrected chi connectivity index (χ0v) is 18.5. The summed E-state index contributed by atoms with van der Waals surface area (Å²) in [6.45, 7) is 6.59. The molecule has 4 heteroatoms. The second-order valence-corrected chi connectivity index (χ2v) is 6.74. The summed E-state index contributed by atoms with van der Waals surface area (Å²) in [4.78, 5) is 23.0. The Labute approximate surface area is 184 Å². The Morgan fingerprint density at radius 3 is 1.90 bits per heavy atom. The van der Waals surface area contributed by atoms with Gasteiger partial charge in [0.05, 0.1) is 25.2 Å². The van der Waals surface area contributed by atoms with Crippen molar-refractivity contribution in [2.45, 2.75) is 33.6 Å². The van der Waals surface area contributed by atoms with E-state index < -0.39 is 0 Å². The summed E-state index contributed by atoms with van der Waals surface area (Å²) in [5, 5.41) is 0. The van der Waals surface area contributed by atoms with Crippen molar-refractivity contribution in [1.82, 2.24) is 0 Å². The molecule has 0 aliphatic rings. The fourth-order valence-corrected chi connectivity index (χ4v) is 3.17. The smallest absolute Gasteiger partial charge is 0.338 e. The molecule has 0 unspecified atom stereocenters. The molecule has 0 bridgehead atoms. The van der Waals surface area contributed by atoms with Gasteiger partial charge in [0.2, 0.25) is 0 Å². The Bertz CT molecular complexity index is 964.